The van der Waals surface area contributed by atoms with Crippen molar-refractivity contribution in [3.63, 3.8) is 0 Å². The zero-order valence-corrected chi connectivity index (χ0v) is 35.7. The number of hydrogen-bond acceptors (Lipinski definition) is 4. The van der Waals surface area contributed by atoms with Crippen molar-refractivity contribution in [2.24, 2.45) is 0 Å². The molecule has 6 nitrogen and oxygen atoms in total. The molecule has 0 aromatic rings. The molecule has 2 amide bonds. The van der Waals surface area contributed by atoms with E-state index in [-0.39, 0.29) is 24.1 Å². The first-order valence-corrected chi connectivity index (χ1v) is 23.6. The monoisotopic (exact) mass is 733 g/mol. The maximum Gasteiger partial charge on any atom is 0.221 e. The van der Waals surface area contributed by atoms with E-state index in [9.17, 15) is 9.59 Å². The Morgan fingerprint density at radius 3 is 0.788 bits per heavy atom. The van der Waals surface area contributed by atoms with Gasteiger partial charge in [0.25, 0.3) is 0 Å². The van der Waals surface area contributed by atoms with Gasteiger partial charge in [0, 0.05) is 39.0 Å². The van der Waals surface area contributed by atoms with Crippen LogP contribution in [-0.4, -0.2) is 60.1 Å². The number of hydrogen-bond donors (Lipinski definition) is 2. The summed E-state index contributed by atoms with van der Waals surface area (Å²) in [5, 5.41) is 6.67. The highest BCUT2D eigenvalue weighted by molar-refractivity contribution is 5.76. The fourth-order valence-corrected chi connectivity index (χ4v) is 8.09. The summed E-state index contributed by atoms with van der Waals surface area (Å²) < 4.78 is 0. The van der Waals surface area contributed by atoms with Crippen LogP contribution in [0, 0.1) is 0 Å². The number of carbonyl (C=O) groups excluding carboxylic acids is 2. The molecule has 1 aliphatic heterocycles. The lowest BCUT2D eigenvalue weighted by Crippen LogP contribution is -2.59. The van der Waals surface area contributed by atoms with Crippen molar-refractivity contribution in [2.45, 2.75) is 258 Å². The van der Waals surface area contributed by atoms with E-state index in [0.717, 1.165) is 51.9 Å². The van der Waals surface area contributed by atoms with Crippen molar-refractivity contribution < 1.29 is 9.59 Å². The number of amides is 2. The van der Waals surface area contributed by atoms with Crippen molar-refractivity contribution in [3.05, 3.63) is 0 Å². The Balaban J connectivity index is 2.05. The summed E-state index contributed by atoms with van der Waals surface area (Å²) in [7, 11) is 0. The summed E-state index contributed by atoms with van der Waals surface area (Å²) in [5.41, 5.74) is 0. The SMILES string of the molecule is CCCCCCCCCCCCCCCCCC(=O)NC(CC)N1CCN(C(CC)NC(=O)CCCCCCCCCCCCCCCCC)CC1. The lowest BCUT2D eigenvalue weighted by atomic mass is 10.0. The van der Waals surface area contributed by atoms with Crippen molar-refractivity contribution in [2.75, 3.05) is 26.2 Å². The lowest BCUT2D eigenvalue weighted by Gasteiger charge is -2.42. The minimum absolute atomic E-state index is 0.116. The molecule has 0 aliphatic carbocycles. The van der Waals surface area contributed by atoms with Crippen molar-refractivity contribution in [1.82, 2.24) is 20.4 Å². The third-order valence-corrected chi connectivity index (χ3v) is 11.7. The second-order valence-electron chi connectivity index (χ2n) is 16.5. The molecular weight excluding hydrogens is 641 g/mol. The smallest absolute Gasteiger partial charge is 0.221 e. The fraction of sp³-hybridized carbons (Fsp3) is 0.957. The van der Waals surface area contributed by atoms with E-state index < -0.39 is 0 Å². The van der Waals surface area contributed by atoms with Crippen LogP contribution in [0.5, 0.6) is 0 Å². The van der Waals surface area contributed by atoms with E-state index in [1.54, 1.807) is 0 Å². The zero-order valence-electron chi connectivity index (χ0n) is 35.7. The predicted octanol–water partition coefficient (Wildman–Crippen LogP) is 12.8. The minimum Gasteiger partial charge on any atom is -0.341 e. The van der Waals surface area contributed by atoms with Gasteiger partial charge >= 0.3 is 0 Å². The van der Waals surface area contributed by atoms with E-state index in [0.29, 0.717) is 12.8 Å². The van der Waals surface area contributed by atoms with Crippen LogP contribution in [0.25, 0.3) is 0 Å². The third-order valence-electron chi connectivity index (χ3n) is 11.7. The Morgan fingerprint density at radius 1 is 0.365 bits per heavy atom. The second-order valence-corrected chi connectivity index (χ2v) is 16.5. The first-order valence-electron chi connectivity index (χ1n) is 23.6. The number of nitrogens with zero attached hydrogens (tertiary/aromatic N) is 2. The molecule has 0 saturated carbocycles. The van der Waals surface area contributed by atoms with Gasteiger partial charge in [-0.2, -0.15) is 0 Å². The quantitative estimate of drug-likeness (QED) is 0.0620. The van der Waals surface area contributed by atoms with Gasteiger partial charge in [-0.05, 0) is 25.7 Å². The maximum atomic E-state index is 12.8. The van der Waals surface area contributed by atoms with Gasteiger partial charge in [0.05, 0.1) is 12.3 Å². The number of nitrogens with one attached hydrogen (secondary N) is 2. The predicted molar refractivity (Wildman–Crippen MR) is 227 cm³/mol. The van der Waals surface area contributed by atoms with Gasteiger partial charge in [0.1, 0.15) is 0 Å². The summed E-state index contributed by atoms with van der Waals surface area (Å²) in [6.07, 6.45) is 43.8. The average molecular weight is 733 g/mol. The van der Waals surface area contributed by atoms with Crippen LogP contribution in [0.2, 0.25) is 0 Å². The molecule has 2 N–H and O–H groups in total. The molecule has 0 spiro atoms. The van der Waals surface area contributed by atoms with Gasteiger partial charge in [-0.3, -0.25) is 19.4 Å². The number of unbranched alkanes of at least 4 members (excludes halogenated alkanes) is 28. The Kier molecular flexibility index (Phi) is 34.6. The summed E-state index contributed by atoms with van der Waals surface area (Å²) in [6.45, 7) is 12.7. The Labute approximate surface area is 325 Å². The number of rotatable bonds is 38. The van der Waals surface area contributed by atoms with Crippen LogP contribution in [0.3, 0.4) is 0 Å². The molecule has 1 heterocycles. The van der Waals surface area contributed by atoms with E-state index in [1.807, 2.05) is 0 Å². The van der Waals surface area contributed by atoms with Gasteiger partial charge in [0.15, 0.2) is 0 Å². The van der Waals surface area contributed by atoms with Gasteiger partial charge in [-0.1, -0.05) is 207 Å². The molecule has 1 rings (SSSR count). The summed E-state index contributed by atoms with van der Waals surface area (Å²) in [6, 6.07) is 0. The summed E-state index contributed by atoms with van der Waals surface area (Å²) in [5.74, 6) is 0.419. The average Bonchev–Trinajstić information content (AvgIpc) is 3.16. The molecule has 1 fully saturated rings. The minimum atomic E-state index is 0.116. The van der Waals surface area contributed by atoms with E-state index >= 15 is 0 Å². The molecule has 0 bridgehead atoms. The highest BCUT2D eigenvalue weighted by Gasteiger charge is 2.27. The largest absolute Gasteiger partial charge is 0.341 e. The lowest BCUT2D eigenvalue weighted by molar-refractivity contribution is -0.125. The van der Waals surface area contributed by atoms with Crippen molar-refractivity contribution in [1.29, 1.82) is 0 Å². The van der Waals surface area contributed by atoms with Gasteiger partial charge in [-0.25, -0.2) is 0 Å². The second kappa shape index (κ2) is 36.8. The van der Waals surface area contributed by atoms with Crippen LogP contribution < -0.4 is 10.6 Å². The molecule has 2 unspecified atom stereocenters. The first-order chi connectivity index (χ1) is 25.5. The van der Waals surface area contributed by atoms with E-state index in [4.69, 9.17) is 0 Å². The third kappa shape index (κ3) is 28.3. The topological polar surface area (TPSA) is 64.7 Å². The fourth-order valence-electron chi connectivity index (χ4n) is 8.09. The molecule has 1 saturated heterocycles. The van der Waals surface area contributed by atoms with Crippen molar-refractivity contribution in [3.8, 4) is 0 Å². The van der Waals surface area contributed by atoms with Gasteiger partial charge < -0.3 is 10.6 Å². The molecule has 0 aromatic carbocycles. The van der Waals surface area contributed by atoms with Crippen LogP contribution in [0.4, 0.5) is 0 Å². The standard InChI is InChI=1S/C46H92N4O2/c1-5-9-11-13-15-17-19-21-23-25-27-29-31-33-35-37-45(51)47-43(7-3)49-39-41-50(42-40-49)44(8-4)48-46(52)38-36-34-32-30-28-26-24-22-20-18-16-14-12-10-6-2/h43-44H,5-42H2,1-4H3,(H,47,51)(H,48,52). The van der Waals surface area contributed by atoms with Gasteiger partial charge in [-0.15, -0.1) is 0 Å². The molecule has 2 atom stereocenters. The van der Waals surface area contributed by atoms with E-state index in [1.165, 1.54) is 180 Å². The molecular formula is C46H92N4O2. The Hall–Kier alpha value is -1.14. The molecule has 6 heteroatoms. The molecule has 1 aliphatic rings. The molecule has 0 radical (unpaired) electrons. The highest BCUT2D eigenvalue weighted by Crippen LogP contribution is 2.17. The molecule has 52 heavy (non-hydrogen) atoms. The number of piperazine rings is 1. The zero-order chi connectivity index (χ0) is 37.7. The van der Waals surface area contributed by atoms with Crippen LogP contribution >= 0.6 is 0 Å². The van der Waals surface area contributed by atoms with E-state index in [2.05, 4.69) is 48.1 Å². The van der Waals surface area contributed by atoms with Crippen molar-refractivity contribution >= 4 is 11.8 Å². The van der Waals surface area contributed by atoms with Crippen LogP contribution in [-0.2, 0) is 9.59 Å². The summed E-state index contributed by atoms with van der Waals surface area (Å²) in [4.78, 5) is 30.4. The highest BCUT2D eigenvalue weighted by atomic mass is 16.2. The van der Waals surface area contributed by atoms with Gasteiger partial charge in [0.2, 0.25) is 11.8 Å². The summed E-state index contributed by atoms with van der Waals surface area (Å²) >= 11 is 0. The maximum absolute atomic E-state index is 12.8. The number of carbonyl (C=O) groups is 2. The molecule has 0 aromatic heterocycles. The Bertz CT molecular complexity index is 720. The Morgan fingerprint density at radius 2 is 0.577 bits per heavy atom. The molecule has 308 valence electrons. The first kappa shape index (κ1) is 48.9. The van der Waals surface area contributed by atoms with Crippen LogP contribution in [0.15, 0.2) is 0 Å². The normalized spacial score (nSPS) is 15.2. The van der Waals surface area contributed by atoms with Crippen LogP contribution in [0.1, 0.15) is 246 Å².